The zero-order valence-corrected chi connectivity index (χ0v) is 11.4. The normalized spacial score (nSPS) is 17.1. The molecule has 0 radical (unpaired) electrons. The summed E-state index contributed by atoms with van der Waals surface area (Å²) in [6, 6.07) is 4.57. The van der Waals surface area contributed by atoms with Crippen molar-refractivity contribution in [2.24, 2.45) is 0 Å². The van der Waals surface area contributed by atoms with Gasteiger partial charge >= 0.3 is 0 Å². The molecule has 0 aliphatic heterocycles. The lowest BCUT2D eigenvalue weighted by Gasteiger charge is -2.25. The van der Waals surface area contributed by atoms with E-state index >= 15 is 0 Å². The fourth-order valence-electron chi connectivity index (χ4n) is 3.05. The molecule has 0 aromatic heterocycles. The molecule has 94 valence electrons. The summed E-state index contributed by atoms with van der Waals surface area (Å²) in [6.45, 7) is 7.20. The first-order valence-electron chi connectivity index (χ1n) is 6.96. The van der Waals surface area contributed by atoms with E-state index in [1.165, 1.54) is 48.8 Å². The first-order valence-corrected chi connectivity index (χ1v) is 6.96. The predicted octanol–water partition coefficient (Wildman–Crippen LogP) is 4.75. The molecule has 1 saturated carbocycles. The smallest absolute Gasteiger partial charge is 0.125 e. The minimum Gasteiger partial charge on any atom is -0.493 e. The van der Waals surface area contributed by atoms with Crippen molar-refractivity contribution in [1.29, 1.82) is 0 Å². The topological polar surface area (TPSA) is 9.23 Å². The molecule has 0 bridgehead atoms. The lowest BCUT2D eigenvalue weighted by molar-refractivity contribution is 0.326. The molecule has 0 saturated heterocycles. The summed E-state index contributed by atoms with van der Waals surface area (Å²) in [5.41, 5.74) is 4.13. The van der Waals surface area contributed by atoms with Crippen LogP contribution in [-0.4, -0.2) is 6.61 Å². The van der Waals surface area contributed by atoms with Gasteiger partial charge in [-0.25, -0.2) is 0 Å². The summed E-state index contributed by atoms with van der Waals surface area (Å²) < 4.78 is 5.88. The van der Waals surface area contributed by atoms with Gasteiger partial charge in [0.05, 0.1) is 6.61 Å². The Bertz CT molecular complexity index is 375. The Morgan fingerprint density at radius 2 is 1.82 bits per heavy atom. The van der Waals surface area contributed by atoms with Crippen molar-refractivity contribution in [3.8, 4) is 5.75 Å². The summed E-state index contributed by atoms with van der Waals surface area (Å²) >= 11 is 0. The van der Waals surface area contributed by atoms with Crippen LogP contribution in [0.15, 0.2) is 12.1 Å². The van der Waals surface area contributed by atoms with Gasteiger partial charge in [0.15, 0.2) is 0 Å². The van der Waals surface area contributed by atoms with Crippen molar-refractivity contribution in [3.05, 3.63) is 28.8 Å². The monoisotopic (exact) mass is 232 g/mol. The molecule has 1 heteroatoms. The Labute approximate surface area is 105 Å². The fraction of sp³-hybridized carbons (Fsp3) is 0.625. The SMILES string of the molecule is CCOc1c(C)cc(C)cc1C1CCCCC1. The summed E-state index contributed by atoms with van der Waals surface area (Å²) in [7, 11) is 0. The first-order chi connectivity index (χ1) is 8.22. The molecule has 1 aliphatic carbocycles. The molecule has 1 aromatic carbocycles. The van der Waals surface area contributed by atoms with Gasteiger partial charge in [0, 0.05) is 0 Å². The number of rotatable bonds is 3. The number of ether oxygens (including phenoxy) is 1. The van der Waals surface area contributed by atoms with Gasteiger partial charge in [-0.1, -0.05) is 37.0 Å². The summed E-state index contributed by atoms with van der Waals surface area (Å²) in [5.74, 6) is 1.88. The van der Waals surface area contributed by atoms with E-state index in [1.807, 2.05) is 0 Å². The zero-order chi connectivity index (χ0) is 12.3. The third-order valence-electron chi connectivity index (χ3n) is 3.78. The molecule has 0 heterocycles. The number of hydrogen-bond donors (Lipinski definition) is 0. The molecule has 1 aliphatic rings. The van der Waals surface area contributed by atoms with Gasteiger partial charge in [0.2, 0.25) is 0 Å². The highest BCUT2D eigenvalue weighted by molar-refractivity contribution is 5.45. The van der Waals surface area contributed by atoms with Crippen LogP contribution in [0.25, 0.3) is 0 Å². The third-order valence-corrected chi connectivity index (χ3v) is 3.78. The van der Waals surface area contributed by atoms with Gasteiger partial charge in [-0.15, -0.1) is 0 Å². The Morgan fingerprint density at radius 3 is 2.47 bits per heavy atom. The van der Waals surface area contributed by atoms with Crippen LogP contribution < -0.4 is 4.74 Å². The zero-order valence-electron chi connectivity index (χ0n) is 11.4. The quantitative estimate of drug-likeness (QED) is 0.730. The number of aryl methyl sites for hydroxylation is 2. The molecule has 17 heavy (non-hydrogen) atoms. The standard InChI is InChI=1S/C16H24O/c1-4-17-16-13(3)10-12(2)11-15(16)14-8-6-5-7-9-14/h10-11,14H,4-9H2,1-3H3. The van der Waals surface area contributed by atoms with Crippen molar-refractivity contribution in [3.63, 3.8) is 0 Å². The highest BCUT2D eigenvalue weighted by Crippen LogP contribution is 2.39. The third kappa shape index (κ3) is 2.83. The van der Waals surface area contributed by atoms with E-state index < -0.39 is 0 Å². The average Bonchev–Trinajstić information content (AvgIpc) is 2.33. The van der Waals surface area contributed by atoms with Gasteiger partial charge in [-0.05, 0) is 50.7 Å². The Morgan fingerprint density at radius 1 is 1.12 bits per heavy atom. The van der Waals surface area contributed by atoms with Gasteiger partial charge < -0.3 is 4.74 Å². The average molecular weight is 232 g/mol. The maximum Gasteiger partial charge on any atom is 0.125 e. The molecule has 0 unspecified atom stereocenters. The molecule has 0 spiro atoms. The van der Waals surface area contributed by atoms with Crippen LogP contribution in [0.5, 0.6) is 5.75 Å². The van der Waals surface area contributed by atoms with E-state index in [1.54, 1.807) is 0 Å². The van der Waals surface area contributed by atoms with Crippen LogP contribution in [0.1, 0.15) is 61.6 Å². The van der Waals surface area contributed by atoms with E-state index in [2.05, 4.69) is 32.9 Å². The van der Waals surface area contributed by atoms with Crippen molar-refractivity contribution in [2.45, 2.75) is 58.8 Å². The fourth-order valence-corrected chi connectivity index (χ4v) is 3.05. The first kappa shape index (κ1) is 12.5. The van der Waals surface area contributed by atoms with Gasteiger partial charge in [0.25, 0.3) is 0 Å². The minimum absolute atomic E-state index is 0.726. The summed E-state index contributed by atoms with van der Waals surface area (Å²) in [4.78, 5) is 0. The van der Waals surface area contributed by atoms with Crippen molar-refractivity contribution in [1.82, 2.24) is 0 Å². The molecule has 0 amide bonds. The Balaban J connectivity index is 2.35. The lowest BCUT2D eigenvalue weighted by atomic mass is 9.82. The van der Waals surface area contributed by atoms with Crippen LogP contribution in [0.4, 0.5) is 0 Å². The number of hydrogen-bond acceptors (Lipinski definition) is 1. The van der Waals surface area contributed by atoms with Crippen LogP contribution in [0, 0.1) is 13.8 Å². The van der Waals surface area contributed by atoms with E-state index in [9.17, 15) is 0 Å². The lowest BCUT2D eigenvalue weighted by Crippen LogP contribution is -2.08. The van der Waals surface area contributed by atoms with E-state index in [-0.39, 0.29) is 0 Å². The molecule has 0 atom stereocenters. The molecule has 1 fully saturated rings. The molecular weight excluding hydrogens is 208 g/mol. The minimum atomic E-state index is 0.726. The van der Waals surface area contributed by atoms with Crippen LogP contribution in [0.2, 0.25) is 0 Å². The molecule has 0 N–H and O–H groups in total. The largest absolute Gasteiger partial charge is 0.493 e. The van der Waals surface area contributed by atoms with Crippen LogP contribution >= 0.6 is 0 Å². The van der Waals surface area contributed by atoms with Crippen molar-refractivity contribution in [2.75, 3.05) is 6.61 Å². The van der Waals surface area contributed by atoms with Crippen molar-refractivity contribution < 1.29 is 4.74 Å². The predicted molar refractivity (Wildman–Crippen MR) is 72.9 cm³/mol. The van der Waals surface area contributed by atoms with E-state index in [4.69, 9.17) is 4.74 Å². The second kappa shape index (κ2) is 5.57. The number of benzene rings is 1. The van der Waals surface area contributed by atoms with Gasteiger partial charge in [0.1, 0.15) is 5.75 Å². The van der Waals surface area contributed by atoms with Crippen LogP contribution in [-0.2, 0) is 0 Å². The molecule has 1 aromatic rings. The maximum atomic E-state index is 5.88. The second-order valence-corrected chi connectivity index (χ2v) is 5.27. The van der Waals surface area contributed by atoms with Crippen LogP contribution in [0.3, 0.4) is 0 Å². The van der Waals surface area contributed by atoms with Gasteiger partial charge in [-0.3, -0.25) is 0 Å². The maximum absolute atomic E-state index is 5.88. The Hall–Kier alpha value is -0.980. The molecular formula is C16H24O. The molecule has 1 nitrogen and oxygen atoms in total. The highest BCUT2D eigenvalue weighted by atomic mass is 16.5. The van der Waals surface area contributed by atoms with Crippen molar-refractivity contribution >= 4 is 0 Å². The second-order valence-electron chi connectivity index (χ2n) is 5.27. The highest BCUT2D eigenvalue weighted by Gasteiger charge is 2.20. The van der Waals surface area contributed by atoms with Gasteiger partial charge in [-0.2, -0.15) is 0 Å². The van der Waals surface area contributed by atoms with E-state index in [0.29, 0.717) is 0 Å². The summed E-state index contributed by atoms with van der Waals surface area (Å²) in [5, 5.41) is 0. The summed E-state index contributed by atoms with van der Waals surface area (Å²) in [6.07, 6.45) is 6.84. The Kier molecular flexibility index (Phi) is 4.09. The van der Waals surface area contributed by atoms with E-state index in [0.717, 1.165) is 18.3 Å². The molecule has 2 rings (SSSR count).